The minimum atomic E-state index is -4.11. The number of aromatic nitrogens is 1. The maximum absolute atomic E-state index is 14.9. The van der Waals surface area contributed by atoms with Crippen LogP contribution < -0.4 is 15.8 Å². The van der Waals surface area contributed by atoms with E-state index >= 15 is 0 Å². The summed E-state index contributed by atoms with van der Waals surface area (Å²) in [5.41, 5.74) is 0.0778. The SMILES string of the molecule is NS(=O)(=O)c1ccccc1-c1ccc(NC(=O)C2CC(=O)CN2C(=O)Nc2ccc(Cl)cn2)cc1F. The van der Waals surface area contributed by atoms with E-state index in [0.29, 0.717) is 5.02 Å². The van der Waals surface area contributed by atoms with Crippen molar-refractivity contribution in [1.82, 2.24) is 9.88 Å². The van der Waals surface area contributed by atoms with E-state index in [1.165, 1.54) is 54.7 Å². The van der Waals surface area contributed by atoms with Crippen molar-refractivity contribution in [2.24, 2.45) is 5.14 Å². The van der Waals surface area contributed by atoms with E-state index in [9.17, 15) is 27.2 Å². The Bertz CT molecular complexity index is 1470. The first-order chi connectivity index (χ1) is 17.0. The Morgan fingerprint density at radius 2 is 1.83 bits per heavy atom. The van der Waals surface area contributed by atoms with Gasteiger partial charge in [-0.3, -0.25) is 14.9 Å². The standard InChI is InChI=1S/C23H19ClFN5O5S/c24-13-5-8-21(27-11-13)29-23(33)30-12-15(31)10-19(30)22(32)28-14-6-7-16(18(25)9-14)17-3-1-2-4-20(17)36(26,34)35/h1-9,11,19H,10,12H2,(H,28,32)(H2,26,34,35)(H,27,29,33). The van der Waals surface area contributed by atoms with E-state index in [-0.39, 0.29) is 46.3 Å². The van der Waals surface area contributed by atoms with Crippen LogP contribution in [0.5, 0.6) is 0 Å². The zero-order valence-corrected chi connectivity index (χ0v) is 20.0. The van der Waals surface area contributed by atoms with Crippen LogP contribution in [-0.4, -0.2) is 48.6 Å². The van der Waals surface area contributed by atoms with Crippen LogP contribution >= 0.6 is 11.6 Å². The van der Waals surface area contributed by atoms with Crippen LogP contribution in [0.25, 0.3) is 11.1 Å². The van der Waals surface area contributed by atoms with Crippen LogP contribution in [-0.2, 0) is 19.6 Å². The molecule has 13 heteroatoms. The molecule has 2 aromatic carbocycles. The number of sulfonamides is 1. The van der Waals surface area contributed by atoms with Crippen LogP contribution in [0.3, 0.4) is 0 Å². The first-order valence-electron chi connectivity index (χ1n) is 10.5. The maximum atomic E-state index is 14.9. The van der Waals surface area contributed by atoms with Crippen molar-refractivity contribution in [1.29, 1.82) is 0 Å². The predicted molar refractivity (Wildman–Crippen MR) is 130 cm³/mol. The summed E-state index contributed by atoms with van der Waals surface area (Å²) in [5, 5.41) is 10.6. The van der Waals surface area contributed by atoms with E-state index in [1.807, 2.05) is 0 Å². The highest BCUT2D eigenvalue weighted by atomic mass is 35.5. The second-order valence-corrected chi connectivity index (χ2v) is 9.87. The molecule has 3 amide bonds. The molecule has 1 aliphatic rings. The van der Waals surface area contributed by atoms with Gasteiger partial charge in [-0.1, -0.05) is 29.8 Å². The van der Waals surface area contributed by atoms with Gasteiger partial charge in [-0.25, -0.2) is 27.7 Å². The van der Waals surface area contributed by atoms with Crippen LogP contribution in [0.4, 0.5) is 20.7 Å². The topological polar surface area (TPSA) is 152 Å². The van der Waals surface area contributed by atoms with Gasteiger partial charge < -0.3 is 10.2 Å². The van der Waals surface area contributed by atoms with Crippen LogP contribution in [0.1, 0.15) is 6.42 Å². The Kier molecular flexibility index (Phi) is 7.02. The fraction of sp³-hybridized carbons (Fsp3) is 0.130. The smallest absolute Gasteiger partial charge is 0.324 e. The molecule has 0 saturated carbocycles. The molecule has 3 aromatic rings. The molecule has 0 spiro atoms. The maximum Gasteiger partial charge on any atom is 0.324 e. The fourth-order valence-corrected chi connectivity index (χ4v) is 4.61. The average Bonchev–Trinajstić information content (AvgIpc) is 3.22. The van der Waals surface area contributed by atoms with Gasteiger partial charge in [0.15, 0.2) is 5.78 Å². The summed E-state index contributed by atoms with van der Waals surface area (Å²) in [6, 6.07) is 10.5. The number of urea groups is 1. The predicted octanol–water partition coefficient (Wildman–Crippen LogP) is 3.00. The lowest BCUT2D eigenvalue weighted by Crippen LogP contribution is -2.45. The Hall–Kier alpha value is -3.87. The van der Waals surface area contributed by atoms with Gasteiger partial charge >= 0.3 is 6.03 Å². The van der Waals surface area contributed by atoms with Gasteiger partial charge in [0.2, 0.25) is 15.9 Å². The summed E-state index contributed by atoms with van der Waals surface area (Å²) in [5.74, 6) is -1.65. The largest absolute Gasteiger partial charge is 0.324 e. The quantitative estimate of drug-likeness (QED) is 0.460. The van der Waals surface area contributed by atoms with Gasteiger partial charge in [-0.05, 0) is 36.4 Å². The third-order valence-electron chi connectivity index (χ3n) is 5.39. The van der Waals surface area contributed by atoms with E-state index in [1.54, 1.807) is 0 Å². The van der Waals surface area contributed by atoms with E-state index in [4.69, 9.17) is 16.7 Å². The highest BCUT2D eigenvalue weighted by molar-refractivity contribution is 7.89. The number of carbonyl (C=O) groups excluding carboxylic acids is 3. The van der Waals surface area contributed by atoms with Gasteiger partial charge in [0.05, 0.1) is 16.5 Å². The lowest BCUT2D eigenvalue weighted by Gasteiger charge is -2.23. The van der Waals surface area contributed by atoms with Crippen LogP contribution in [0.15, 0.2) is 65.7 Å². The summed E-state index contributed by atoms with van der Waals surface area (Å²) in [7, 11) is -4.11. The molecule has 0 aliphatic carbocycles. The third kappa shape index (κ3) is 5.51. The molecule has 1 saturated heterocycles. The van der Waals surface area contributed by atoms with Crippen molar-refractivity contribution in [2.45, 2.75) is 17.4 Å². The van der Waals surface area contributed by atoms with E-state index in [0.717, 1.165) is 11.0 Å². The molecule has 1 unspecified atom stereocenters. The summed E-state index contributed by atoms with van der Waals surface area (Å²) < 4.78 is 38.7. The Labute approximate surface area is 210 Å². The zero-order chi connectivity index (χ0) is 26.0. The monoisotopic (exact) mass is 531 g/mol. The van der Waals surface area contributed by atoms with E-state index < -0.39 is 33.8 Å². The number of anilines is 2. The first-order valence-corrected chi connectivity index (χ1v) is 12.4. The van der Waals surface area contributed by atoms with Crippen LogP contribution in [0, 0.1) is 5.82 Å². The van der Waals surface area contributed by atoms with Gasteiger partial charge in [0.25, 0.3) is 0 Å². The highest BCUT2D eigenvalue weighted by Crippen LogP contribution is 2.30. The van der Waals surface area contributed by atoms with Crippen molar-refractivity contribution in [3.63, 3.8) is 0 Å². The zero-order valence-electron chi connectivity index (χ0n) is 18.4. The number of amides is 3. The molecule has 2 heterocycles. The summed E-state index contributed by atoms with van der Waals surface area (Å²) in [6.07, 6.45) is 1.12. The molecule has 1 aliphatic heterocycles. The molecular formula is C23H19ClFN5O5S. The van der Waals surface area contributed by atoms with Crippen molar-refractivity contribution in [3.8, 4) is 11.1 Å². The number of benzene rings is 2. The van der Waals surface area contributed by atoms with Crippen molar-refractivity contribution < 1.29 is 27.2 Å². The first kappa shape index (κ1) is 25.2. The van der Waals surface area contributed by atoms with Gasteiger partial charge in [-0.2, -0.15) is 0 Å². The second kappa shape index (κ2) is 10.0. The van der Waals surface area contributed by atoms with Crippen molar-refractivity contribution in [2.75, 3.05) is 17.2 Å². The molecular weight excluding hydrogens is 513 g/mol. The number of nitrogens with one attached hydrogen (secondary N) is 2. The number of likely N-dealkylation sites (tertiary alicyclic amines) is 1. The normalized spacial score (nSPS) is 15.6. The molecule has 0 radical (unpaired) electrons. The second-order valence-electron chi connectivity index (χ2n) is 7.90. The molecule has 1 aromatic heterocycles. The number of carbonyl (C=O) groups is 3. The minimum absolute atomic E-state index is 0.0369. The lowest BCUT2D eigenvalue weighted by molar-refractivity contribution is -0.121. The van der Waals surface area contributed by atoms with Crippen LogP contribution in [0.2, 0.25) is 5.02 Å². The third-order valence-corrected chi connectivity index (χ3v) is 6.58. The van der Waals surface area contributed by atoms with Gasteiger partial charge in [0.1, 0.15) is 17.7 Å². The van der Waals surface area contributed by atoms with Crippen molar-refractivity contribution >= 4 is 50.9 Å². The summed E-state index contributed by atoms with van der Waals surface area (Å²) >= 11 is 5.78. The molecule has 10 nitrogen and oxygen atoms in total. The summed E-state index contributed by atoms with van der Waals surface area (Å²) in [6.45, 7) is -0.283. The van der Waals surface area contributed by atoms with Gasteiger partial charge in [0, 0.05) is 29.4 Å². The number of pyridine rings is 1. The number of halogens is 2. The minimum Gasteiger partial charge on any atom is -0.324 e. The number of rotatable bonds is 5. The number of primary sulfonamides is 1. The number of nitrogens with two attached hydrogens (primary N) is 1. The molecule has 36 heavy (non-hydrogen) atoms. The molecule has 4 rings (SSSR count). The number of hydrogen-bond acceptors (Lipinski definition) is 6. The lowest BCUT2D eigenvalue weighted by atomic mass is 10.0. The Morgan fingerprint density at radius 1 is 1.08 bits per heavy atom. The van der Waals surface area contributed by atoms with E-state index in [2.05, 4.69) is 15.6 Å². The summed E-state index contributed by atoms with van der Waals surface area (Å²) in [4.78, 5) is 42.4. The number of Topliss-reactive ketones (excluding diaryl/α,β-unsaturated/α-hetero) is 1. The Morgan fingerprint density at radius 3 is 2.50 bits per heavy atom. The number of ketones is 1. The fourth-order valence-electron chi connectivity index (χ4n) is 3.74. The molecule has 0 bridgehead atoms. The number of hydrogen-bond donors (Lipinski definition) is 3. The van der Waals surface area contributed by atoms with Crippen molar-refractivity contribution in [3.05, 3.63) is 71.6 Å². The average molecular weight is 532 g/mol. The van der Waals surface area contributed by atoms with Gasteiger partial charge in [-0.15, -0.1) is 0 Å². The molecule has 4 N–H and O–H groups in total. The highest BCUT2D eigenvalue weighted by Gasteiger charge is 2.39. The number of nitrogens with zero attached hydrogens (tertiary/aromatic N) is 2. The molecule has 1 fully saturated rings. The molecule has 186 valence electrons. The molecule has 1 atom stereocenters. The Balaban J connectivity index is 1.51.